The van der Waals surface area contributed by atoms with Crippen LogP contribution in [0.25, 0.3) is 0 Å². The van der Waals surface area contributed by atoms with E-state index in [1.54, 1.807) is 12.1 Å². The fourth-order valence-corrected chi connectivity index (χ4v) is 1.59. The molecule has 5 nitrogen and oxygen atoms in total. The molecule has 2 aromatic rings. The number of aromatic carboxylic acids is 1. The van der Waals surface area contributed by atoms with Crippen molar-refractivity contribution < 1.29 is 14.7 Å². The van der Waals surface area contributed by atoms with Crippen LogP contribution in [0.5, 0.6) is 0 Å². The van der Waals surface area contributed by atoms with Gasteiger partial charge in [-0.15, -0.1) is 0 Å². The van der Waals surface area contributed by atoms with Crippen LogP contribution >= 0.6 is 0 Å². The Bertz CT molecular complexity index is 582. The maximum Gasteiger partial charge on any atom is 0.336 e. The SMILES string of the molecule is O=C(O)c1ccccc1C(=O)Cc1cnccn1. The monoisotopic (exact) mass is 242 g/mol. The molecule has 0 spiro atoms. The van der Waals surface area contributed by atoms with Crippen molar-refractivity contribution >= 4 is 11.8 Å². The minimum Gasteiger partial charge on any atom is -0.478 e. The van der Waals surface area contributed by atoms with Crippen LogP contribution in [0.2, 0.25) is 0 Å². The fourth-order valence-electron chi connectivity index (χ4n) is 1.59. The summed E-state index contributed by atoms with van der Waals surface area (Å²) in [5.41, 5.74) is 0.713. The third kappa shape index (κ3) is 2.57. The zero-order valence-electron chi connectivity index (χ0n) is 9.41. The summed E-state index contributed by atoms with van der Waals surface area (Å²) in [5, 5.41) is 9.00. The molecule has 0 saturated heterocycles. The summed E-state index contributed by atoms with van der Waals surface area (Å²) in [7, 11) is 0. The second-order valence-corrected chi connectivity index (χ2v) is 3.65. The van der Waals surface area contributed by atoms with Gasteiger partial charge in [0.25, 0.3) is 0 Å². The van der Waals surface area contributed by atoms with Gasteiger partial charge in [0.05, 0.1) is 17.7 Å². The van der Waals surface area contributed by atoms with Gasteiger partial charge in [-0.05, 0) is 6.07 Å². The summed E-state index contributed by atoms with van der Waals surface area (Å²) in [5.74, 6) is -1.40. The Kier molecular flexibility index (Phi) is 3.43. The van der Waals surface area contributed by atoms with E-state index in [4.69, 9.17) is 5.11 Å². The van der Waals surface area contributed by atoms with E-state index in [-0.39, 0.29) is 23.3 Å². The first-order valence-corrected chi connectivity index (χ1v) is 5.29. The largest absolute Gasteiger partial charge is 0.478 e. The summed E-state index contributed by atoms with van der Waals surface area (Å²) in [6, 6.07) is 6.13. The molecule has 0 bridgehead atoms. The number of rotatable bonds is 4. The quantitative estimate of drug-likeness (QED) is 0.823. The highest BCUT2D eigenvalue weighted by atomic mass is 16.4. The summed E-state index contributed by atoms with van der Waals surface area (Å²) >= 11 is 0. The van der Waals surface area contributed by atoms with E-state index in [0.717, 1.165) is 0 Å². The van der Waals surface area contributed by atoms with Crippen molar-refractivity contribution in [1.82, 2.24) is 9.97 Å². The molecule has 0 aliphatic rings. The van der Waals surface area contributed by atoms with Crippen LogP contribution in [-0.2, 0) is 6.42 Å². The minimum absolute atomic E-state index is 0.00592. The number of hydrogen-bond donors (Lipinski definition) is 1. The average Bonchev–Trinajstić information content (AvgIpc) is 2.40. The van der Waals surface area contributed by atoms with Gasteiger partial charge in [-0.2, -0.15) is 0 Å². The normalized spacial score (nSPS) is 10.0. The number of carbonyl (C=O) groups is 2. The molecule has 0 atom stereocenters. The Morgan fingerprint density at radius 1 is 1.11 bits per heavy atom. The van der Waals surface area contributed by atoms with E-state index in [0.29, 0.717) is 5.69 Å². The van der Waals surface area contributed by atoms with E-state index >= 15 is 0 Å². The lowest BCUT2D eigenvalue weighted by molar-refractivity contribution is 0.0692. The predicted molar refractivity (Wildman–Crippen MR) is 63.5 cm³/mol. The van der Waals surface area contributed by atoms with Gasteiger partial charge >= 0.3 is 5.97 Å². The topological polar surface area (TPSA) is 80.1 Å². The summed E-state index contributed by atoms with van der Waals surface area (Å²) in [6.45, 7) is 0. The molecule has 1 aromatic heterocycles. The van der Waals surface area contributed by atoms with Crippen molar-refractivity contribution in [3.63, 3.8) is 0 Å². The van der Waals surface area contributed by atoms with Gasteiger partial charge in [0.2, 0.25) is 0 Å². The minimum atomic E-state index is -1.11. The number of Topliss-reactive ketones (excluding diaryl/α,β-unsaturated/α-hetero) is 1. The van der Waals surface area contributed by atoms with Crippen LogP contribution in [0.4, 0.5) is 0 Å². The van der Waals surface area contributed by atoms with E-state index in [1.165, 1.54) is 30.7 Å². The molecule has 5 heteroatoms. The number of aromatic nitrogens is 2. The van der Waals surface area contributed by atoms with E-state index in [2.05, 4.69) is 9.97 Å². The molecule has 0 amide bonds. The van der Waals surface area contributed by atoms with Gasteiger partial charge in [-0.1, -0.05) is 18.2 Å². The molecule has 0 saturated carbocycles. The van der Waals surface area contributed by atoms with Crippen molar-refractivity contribution in [2.45, 2.75) is 6.42 Å². The Labute approximate surface area is 103 Å². The maximum absolute atomic E-state index is 12.0. The smallest absolute Gasteiger partial charge is 0.336 e. The van der Waals surface area contributed by atoms with Crippen LogP contribution in [0.3, 0.4) is 0 Å². The van der Waals surface area contributed by atoms with Crippen molar-refractivity contribution in [3.05, 3.63) is 59.7 Å². The molecule has 90 valence electrons. The van der Waals surface area contributed by atoms with E-state index in [9.17, 15) is 9.59 Å². The molecule has 0 radical (unpaired) electrons. The average molecular weight is 242 g/mol. The van der Waals surface area contributed by atoms with Crippen molar-refractivity contribution in [3.8, 4) is 0 Å². The van der Waals surface area contributed by atoms with Crippen molar-refractivity contribution in [1.29, 1.82) is 0 Å². The number of ketones is 1. The third-order valence-electron chi connectivity index (χ3n) is 2.42. The van der Waals surface area contributed by atoms with Crippen LogP contribution in [0, 0.1) is 0 Å². The zero-order chi connectivity index (χ0) is 13.0. The lowest BCUT2D eigenvalue weighted by Crippen LogP contribution is -2.11. The highest BCUT2D eigenvalue weighted by Gasteiger charge is 2.16. The van der Waals surface area contributed by atoms with E-state index in [1.807, 2.05) is 0 Å². The number of benzene rings is 1. The Morgan fingerprint density at radius 2 is 1.83 bits per heavy atom. The molecule has 1 aromatic carbocycles. The van der Waals surface area contributed by atoms with Crippen molar-refractivity contribution in [2.24, 2.45) is 0 Å². The lowest BCUT2D eigenvalue weighted by Gasteiger charge is -2.04. The molecular formula is C13H10N2O3. The molecule has 0 fully saturated rings. The van der Waals surface area contributed by atoms with Gasteiger partial charge in [0, 0.05) is 24.2 Å². The molecule has 2 rings (SSSR count). The highest BCUT2D eigenvalue weighted by molar-refractivity contribution is 6.06. The van der Waals surface area contributed by atoms with Crippen LogP contribution < -0.4 is 0 Å². The standard InChI is InChI=1S/C13H10N2O3/c16-12(7-9-8-14-5-6-15-9)10-3-1-2-4-11(10)13(17)18/h1-6,8H,7H2,(H,17,18). The molecule has 0 aliphatic carbocycles. The van der Waals surface area contributed by atoms with E-state index < -0.39 is 5.97 Å². The lowest BCUT2D eigenvalue weighted by atomic mass is 10.0. The Hall–Kier alpha value is -2.56. The van der Waals surface area contributed by atoms with Gasteiger partial charge in [-0.25, -0.2) is 4.79 Å². The Morgan fingerprint density at radius 3 is 2.44 bits per heavy atom. The first-order chi connectivity index (χ1) is 8.68. The summed E-state index contributed by atoms with van der Waals surface area (Å²) in [6.07, 6.45) is 4.53. The van der Waals surface area contributed by atoms with Crippen molar-refractivity contribution in [2.75, 3.05) is 0 Å². The number of carboxylic acids is 1. The second-order valence-electron chi connectivity index (χ2n) is 3.65. The Balaban J connectivity index is 2.27. The van der Waals surface area contributed by atoms with Gasteiger partial charge in [-0.3, -0.25) is 14.8 Å². The first kappa shape index (κ1) is 11.9. The van der Waals surface area contributed by atoms with Gasteiger partial charge in [0.1, 0.15) is 0 Å². The first-order valence-electron chi connectivity index (χ1n) is 5.29. The molecular weight excluding hydrogens is 232 g/mol. The molecule has 18 heavy (non-hydrogen) atoms. The number of carboxylic acid groups (broad SMARTS) is 1. The third-order valence-corrected chi connectivity index (χ3v) is 2.42. The maximum atomic E-state index is 12.0. The number of hydrogen-bond acceptors (Lipinski definition) is 4. The summed E-state index contributed by atoms with van der Waals surface area (Å²) < 4.78 is 0. The van der Waals surface area contributed by atoms with Gasteiger partial charge in [0.15, 0.2) is 5.78 Å². The molecule has 1 heterocycles. The van der Waals surface area contributed by atoms with Crippen LogP contribution in [0.15, 0.2) is 42.9 Å². The second kappa shape index (κ2) is 5.18. The highest BCUT2D eigenvalue weighted by Crippen LogP contribution is 2.11. The van der Waals surface area contributed by atoms with Gasteiger partial charge < -0.3 is 5.11 Å². The predicted octanol–water partition coefficient (Wildman–Crippen LogP) is 1.60. The summed E-state index contributed by atoms with van der Waals surface area (Å²) in [4.78, 5) is 30.9. The number of nitrogens with zero attached hydrogens (tertiary/aromatic N) is 2. The zero-order valence-corrected chi connectivity index (χ0v) is 9.41. The molecule has 0 unspecified atom stereocenters. The van der Waals surface area contributed by atoms with Crippen LogP contribution in [-0.4, -0.2) is 26.8 Å². The molecule has 1 N–H and O–H groups in total. The van der Waals surface area contributed by atoms with Crippen LogP contribution in [0.1, 0.15) is 26.4 Å². The fraction of sp³-hybridized carbons (Fsp3) is 0.0769. The number of carbonyl (C=O) groups excluding carboxylic acids is 1. The molecule has 0 aliphatic heterocycles.